The molecule has 3 saturated carbocycles. The highest BCUT2D eigenvalue weighted by molar-refractivity contribution is 7.22. The number of allylic oxidation sites excluding steroid dienone is 2. The Balaban J connectivity index is 0.000000180. The van der Waals surface area contributed by atoms with Gasteiger partial charge in [0.2, 0.25) is 0 Å². The van der Waals surface area contributed by atoms with E-state index in [-0.39, 0.29) is 23.8 Å². The van der Waals surface area contributed by atoms with Gasteiger partial charge >= 0.3 is 11.9 Å². The number of nitrogen functional groups attached to an aromatic ring is 1. The first-order valence-electron chi connectivity index (χ1n) is 24.9. The summed E-state index contributed by atoms with van der Waals surface area (Å²) in [7, 11) is 6.47. The number of thiazole rings is 1. The summed E-state index contributed by atoms with van der Waals surface area (Å²) >= 11 is 1.58. The molecule has 72 heavy (non-hydrogen) atoms. The number of esters is 2. The third kappa shape index (κ3) is 18.4. The quantitative estimate of drug-likeness (QED) is 0.0157. The van der Waals surface area contributed by atoms with Crippen molar-refractivity contribution in [2.75, 3.05) is 60.8 Å². The van der Waals surface area contributed by atoms with Gasteiger partial charge in [-0.25, -0.2) is 9.78 Å². The van der Waals surface area contributed by atoms with E-state index in [4.69, 9.17) is 43.6 Å². The number of aromatic nitrogens is 1. The van der Waals surface area contributed by atoms with Crippen LogP contribution in [0.2, 0.25) is 0 Å². The van der Waals surface area contributed by atoms with Gasteiger partial charge in [-0.05, 0) is 181 Å². The van der Waals surface area contributed by atoms with Crippen LogP contribution < -0.4 is 29.4 Å². The lowest BCUT2D eigenvalue weighted by molar-refractivity contribution is -0.140. The normalized spacial score (nSPS) is 17.9. The lowest BCUT2D eigenvalue weighted by Gasteiger charge is -2.26. The maximum atomic E-state index is 12.0. The second kappa shape index (κ2) is 31.2. The van der Waals surface area contributed by atoms with E-state index < -0.39 is 0 Å². The lowest BCUT2D eigenvalue weighted by atomic mass is 9.79. The van der Waals surface area contributed by atoms with Gasteiger partial charge < -0.3 is 53.2 Å². The van der Waals surface area contributed by atoms with Crippen molar-refractivity contribution in [3.05, 3.63) is 102 Å². The molecule has 0 spiro atoms. The van der Waals surface area contributed by atoms with Crippen LogP contribution in [0.4, 0.5) is 5.69 Å². The summed E-state index contributed by atoms with van der Waals surface area (Å²) < 4.78 is 42.6. The molecule has 1 aromatic heterocycles. The van der Waals surface area contributed by atoms with E-state index in [9.17, 15) is 19.2 Å². The number of benzene rings is 4. The Morgan fingerprint density at radius 1 is 0.653 bits per heavy atom. The smallest absolute Gasteiger partial charge is 0.338 e. The van der Waals surface area contributed by atoms with E-state index in [0.29, 0.717) is 49.6 Å². The van der Waals surface area contributed by atoms with Gasteiger partial charge in [-0.2, -0.15) is 0 Å². The van der Waals surface area contributed by atoms with Crippen molar-refractivity contribution in [2.45, 2.75) is 90.4 Å². The molecule has 0 aliphatic heterocycles. The summed E-state index contributed by atoms with van der Waals surface area (Å²) in [6, 6.07) is 25.2. The molecule has 0 radical (unpaired) electrons. The number of nitrogens with zero attached hydrogens (tertiary/aromatic N) is 1. The average molecular weight is 1010 g/mol. The Morgan fingerprint density at radius 3 is 1.76 bits per heavy atom. The van der Waals surface area contributed by atoms with Crippen molar-refractivity contribution in [2.24, 2.45) is 23.7 Å². The zero-order chi connectivity index (χ0) is 51.5. The van der Waals surface area contributed by atoms with Crippen molar-refractivity contribution < 1.29 is 57.1 Å². The Kier molecular flexibility index (Phi) is 24.6. The molecule has 8 rings (SSSR count). The summed E-state index contributed by atoms with van der Waals surface area (Å²) in [5.41, 5.74) is 10.5. The molecular formula is C57H72N2O12S. The molecule has 1 heterocycles. The Hall–Kier alpha value is -6.29. The predicted molar refractivity (Wildman–Crippen MR) is 281 cm³/mol. The highest BCUT2D eigenvalue weighted by Crippen LogP contribution is 2.40. The number of carbonyl (C=O) groups is 4. The maximum absolute atomic E-state index is 12.0. The van der Waals surface area contributed by atoms with E-state index in [2.05, 4.69) is 11.1 Å². The Bertz CT molecular complexity index is 2380. The van der Waals surface area contributed by atoms with Gasteiger partial charge in [0.05, 0.1) is 46.5 Å². The van der Waals surface area contributed by atoms with Gasteiger partial charge in [0.25, 0.3) is 0 Å². The summed E-state index contributed by atoms with van der Waals surface area (Å²) in [5, 5.41) is 0.919. The molecule has 3 fully saturated rings. The molecule has 3 aliphatic rings. The van der Waals surface area contributed by atoms with Crippen molar-refractivity contribution >= 4 is 51.8 Å². The zero-order valence-electron chi connectivity index (χ0n) is 42.5. The summed E-state index contributed by atoms with van der Waals surface area (Å²) in [6.45, 7) is 3.90. The van der Waals surface area contributed by atoms with Crippen LogP contribution in [0.3, 0.4) is 0 Å². The monoisotopic (exact) mass is 1010 g/mol. The van der Waals surface area contributed by atoms with Crippen LogP contribution in [0, 0.1) is 23.7 Å². The molecule has 388 valence electrons. The van der Waals surface area contributed by atoms with Crippen LogP contribution in [0.5, 0.6) is 28.7 Å². The molecule has 0 amide bonds. The summed E-state index contributed by atoms with van der Waals surface area (Å²) in [5.74, 6) is 4.21. The molecule has 0 saturated heterocycles. The summed E-state index contributed by atoms with van der Waals surface area (Å²) in [4.78, 5) is 49.5. The standard InChI is InChI=1S/C15H14N2O2S.C15H22O5.C15H18O4.C12H18O/c1-18-11-7-8-12(19-2)14-13(11)17-15(20-14)9-3-5-10(16)6-4-9;1-3-18-12-19-10-4-5-11-20-15(16)13-6-8-14(17-2)9-7-13;1-18-13-6-8-14(9-7-13)19-15(17)12-4-2-11(10-16)3-5-12;13-9-12-6-4-11(5-7-12)8-10-2-1-3-10/h3-8H,16H2,1-2H3;6-9H,3-5,10-12H2,1-2H3;6-12H,2-5H2,1H3;8-9,11-12H,1-7H2. The number of anilines is 1. The van der Waals surface area contributed by atoms with Crippen LogP contribution in [0.1, 0.15) is 101 Å². The topological polar surface area (TPSA) is 181 Å². The SMILES string of the molecule is CCOCOCCCCOC(=O)c1ccc(OC)cc1.COc1ccc(OC(=O)C2CCC(C=O)CC2)cc1.COc1ccc(OC)c2sc(-c3ccc(N)cc3)nc12.O=CC1CCC(C=C2CCC2)CC1. The molecule has 4 aromatic carbocycles. The van der Waals surface area contributed by atoms with E-state index in [1.54, 1.807) is 93.9 Å². The second-order valence-electron chi connectivity index (χ2n) is 17.7. The van der Waals surface area contributed by atoms with E-state index >= 15 is 0 Å². The number of carbonyl (C=O) groups excluding carboxylic acids is 4. The van der Waals surface area contributed by atoms with Gasteiger partial charge in [-0.3, -0.25) is 4.79 Å². The minimum absolute atomic E-state index is 0.0849. The minimum atomic E-state index is -0.317. The molecule has 15 heteroatoms. The Morgan fingerprint density at radius 2 is 1.21 bits per heavy atom. The van der Waals surface area contributed by atoms with Crippen LogP contribution in [-0.2, 0) is 28.6 Å². The number of fused-ring (bicyclic) bond motifs is 1. The minimum Gasteiger partial charge on any atom is -0.497 e. The van der Waals surface area contributed by atoms with Crippen molar-refractivity contribution in [1.29, 1.82) is 0 Å². The third-order valence-electron chi connectivity index (χ3n) is 12.7. The number of ether oxygens (including phenoxy) is 8. The Labute approximate surface area is 428 Å². The number of hydrogen-bond acceptors (Lipinski definition) is 15. The number of unbranched alkanes of at least 4 members (excludes halogenated alkanes) is 1. The van der Waals surface area contributed by atoms with Crippen LogP contribution >= 0.6 is 11.3 Å². The number of aldehydes is 2. The first-order chi connectivity index (χ1) is 35.1. The molecule has 0 bridgehead atoms. The van der Waals surface area contributed by atoms with Gasteiger partial charge in [-0.15, -0.1) is 11.3 Å². The fourth-order valence-corrected chi connectivity index (χ4v) is 9.26. The predicted octanol–water partition coefficient (Wildman–Crippen LogP) is 11.9. The first kappa shape index (κ1) is 56.6. The second-order valence-corrected chi connectivity index (χ2v) is 18.7. The molecule has 3 aliphatic carbocycles. The third-order valence-corrected chi connectivity index (χ3v) is 13.9. The fourth-order valence-electron chi connectivity index (χ4n) is 8.18. The highest BCUT2D eigenvalue weighted by Gasteiger charge is 2.27. The largest absolute Gasteiger partial charge is 0.497 e. The van der Waals surface area contributed by atoms with Crippen molar-refractivity contribution in [3.8, 4) is 39.3 Å². The molecular weight excluding hydrogens is 937 g/mol. The number of hydrogen-bond donors (Lipinski definition) is 1. The fraction of sp³-hybridized carbons (Fsp3) is 0.456. The van der Waals surface area contributed by atoms with Crippen LogP contribution in [-0.4, -0.2) is 84.5 Å². The maximum Gasteiger partial charge on any atom is 0.338 e. The first-order valence-corrected chi connectivity index (χ1v) is 25.7. The van der Waals surface area contributed by atoms with Crippen molar-refractivity contribution in [3.63, 3.8) is 0 Å². The molecule has 0 atom stereocenters. The van der Waals surface area contributed by atoms with Gasteiger partial charge in [-0.1, -0.05) is 11.6 Å². The lowest BCUT2D eigenvalue weighted by Crippen LogP contribution is -2.26. The van der Waals surface area contributed by atoms with Crippen molar-refractivity contribution in [1.82, 2.24) is 4.98 Å². The molecule has 5 aromatic rings. The molecule has 2 N–H and O–H groups in total. The van der Waals surface area contributed by atoms with Gasteiger partial charge in [0.15, 0.2) is 0 Å². The van der Waals surface area contributed by atoms with E-state index in [0.717, 1.165) is 114 Å². The highest BCUT2D eigenvalue weighted by atomic mass is 32.1. The number of nitrogens with two attached hydrogens (primary N) is 1. The van der Waals surface area contributed by atoms with Crippen LogP contribution in [0.15, 0.2) is 96.6 Å². The number of methoxy groups -OCH3 is 4. The molecule has 0 unspecified atom stereocenters. The molecule has 14 nitrogen and oxygen atoms in total. The van der Waals surface area contributed by atoms with Gasteiger partial charge in [0, 0.05) is 36.3 Å². The van der Waals surface area contributed by atoms with Gasteiger partial charge in [0.1, 0.15) is 63.3 Å². The zero-order valence-corrected chi connectivity index (χ0v) is 43.3. The number of rotatable bonds is 19. The van der Waals surface area contributed by atoms with E-state index in [1.807, 2.05) is 43.3 Å². The summed E-state index contributed by atoms with van der Waals surface area (Å²) in [6.07, 6.45) is 18.1. The van der Waals surface area contributed by atoms with E-state index in [1.165, 1.54) is 32.1 Å². The average Bonchev–Trinajstić information content (AvgIpc) is 3.87. The van der Waals surface area contributed by atoms with Crippen LogP contribution in [0.25, 0.3) is 20.8 Å².